The van der Waals surface area contributed by atoms with Gasteiger partial charge in [-0.2, -0.15) is 5.10 Å². The lowest BCUT2D eigenvalue weighted by molar-refractivity contribution is 0.574. The normalized spacial score (nSPS) is 10.8. The minimum Gasteiger partial charge on any atom is -0.455 e. The van der Waals surface area contributed by atoms with Crippen molar-refractivity contribution in [1.29, 1.82) is 0 Å². The molecule has 0 atom stereocenters. The molecule has 3 rings (SSSR count). The summed E-state index contributed by atoms with van der Waals surface area (Å²) >= 11 is 4.67. The van der Waals surface area contributed by atoms with Crippen LogP contribution >= 0.6 is 12.2 Å². The third-order valence-electron chi connectivity index (χ3n) is 3.60. The number of anilines is 1. The molecule has 4 N–H and O–H groups in total. The van der Waals surface area contributed by atoms with Crippen LogP contribution in [0.3, 0.4) is 0 Å². The van der Waals surface area contributed by atoms with Gasteiger partial charge in [-0.1, -0.05) is 30.3 Å². The van der Waals surface area contributed by atoms with Gasteiger partial charge in [0, 0.05) is 18.3 Å². The molecule has 6 nitrogen and oxygen atoms in total. The first-order valence-electron chi connectivity index (χ1n) is 8.13. The molecule has 2 heterocycles. The number of benzene rings is 1. The first kappa shape index (κ1) is 17.6. The number of thiocarbonyl (C=S) groups is 1. The van der Waals surface area contributed by atoms with E-state index in [2.05, 4.69) is 45.2 Å². The molecule has 0 radical (unpaired) electrons. The third-order valence-corrected chi connectivity index (χ3v) is 3.70. The molecule has 2 aromatic heterocycles. The highest BCUT2D eigenvalue weighted by Gasteiger charge is 2.04. The van der Waals surface area contributed by atoms with Crippen molar-refractivity contribution in [3.63, 3.8) is 0 Å². The second-order valence-electron chi connectivity index (χ2n) is 5.53. The quantitative estimate of drug-likeness (QED) is 0.339. The van der Waals surface area contributed by atoms with Crippen molar-refractivity contribution in [2.24, 2.45) is 10.8 Å². The lowest BCUT2D eigenvalue weighted by Crippen LogP contribution is -2.23. The molecule has 0 spiro atoms. The van der Waals surface area contributed by atoms with Crippen molar-refractivity contribution in [2.45, 2.75) is 6.42 Å². The van der Waals surface area contributed by atoms with Gasteiger partial charge in [-0.25, -0.2) is 4.98 Å². The Morgan fingerprint density at radius 1 is 1.15 bits per heavy atom. The van der Waals surface area contributed by atoms with Crippen molar-refractivity contribution >= 4 is 29.4 Å². The number of aromatic nitrogens is 1. The van der Waals surface area contributed by atoms with Gasteiger partial charge in [0.15, 0.2) is 5.11 Å². The van der Waals surface area contributed by atoms with E-state index in [0.29, 0.717) is 11.5 Å². The number of nitrogens with one attached hydrogen (secondary N) is 2. The number of nitrogens with zero attached hydrogens (tertiary/aromatic N) is 2. The first-order chi connectivity index (χ1) is 12.7. The van der Waals surface area contributed by atoms with E-state index in [1.807, 2.05) is 42.5 Å². The largest absolute Gasteiger partial charge is 0.455 e. The van der Waals surface area contributed by atoms with Crippen LogP contribution in [-0.2, 0) is 6.42 Å². The third kappa shape index (κ3) is 5.15. The molecule has 0 aliphatic carbocycles. The summed E-state index contributed by atoms with van der Waals surface area (Å²) in [5, 5.41) is 7.28. The number of furan rings is 1. The zero-order valence-corrected chi connectivity index (χ0v) is 14.9. The van der Waals surface area contributed by atoms with E-state index < -0.39 is 0 Å². The molecule has 26 heavy (non-hydrogen) atoms. The number of pyridine rings is 1. The van der Waals surface area contributed by atoms with Gasteiger partial charge < -0.3 is 15.5 Å². The SMILES string of the molecule is NC(=S)N/N=C/c1ccc(-c2ccc(NCCc3ccccc3)nc2)o1. The maximum absolute atomic E-state index is 5.70. The minimum absolute atomic E-state index is 0.104. The zero-order valence-electron chi connectivity index (χ0n) is 14.1. The Labute approximate surface area is 157 Å². The van der Waals surface area contributed by atoms with Crippen LogP contribution in [0.25, 0.3) is 11.3 Å². The maximum Gasteiger partial charge on any atom is 0.184 e. The Morgan fingerprint density at radius 3 is 2.73 bits per heavy atom. The van der Waals surface area contributed by atoms with Crippen LogP contribution in [0.15, 0.2) is 70.3 Å². The second-order valence-corrected chi connectivity index (χ2v) is 5.97. The maximum atomic E-state index is 5.70. The van der Waals surface area contributed by atoms with E-state index in [-0.39, 0.29) is 5.11 Å². The van der Waals surface area contributed by atoms with Crippen molar-refractivity contribution in [1.82, 2.24) is 10.4 Å². The number of rotatable bonds is 7. The standard InChI is InChI=1S/C19H19N5OS/c20-19(26)24-23-13-16-7-8-17(25-16)15-6-9-18(22-12-15)21-11-10-14-4-2-1-3-5-14/h1-9,12-13H,10-11H2,(H,21,22)(H3,20,24,26)/b23-13+. The second kappa shape index (κ2) is 8.77. The summed E-state index contributed by atoms with van der Waals surface area (Å²) in [6, 6.07) is 17.9. The fraction of sp³-hybridized carbons (Fsp3) is 0.105. The Kier molecular flexibility index (Phi) is 5.95. The Hall–Kier alpha value is -3.19. The highest BCUT2D eigenvalue weighted by Crippen LogP contribution is 2.21. The van der Waals surface area contributed by atoms with Crippen LogP contribution < -0.4 is 16.5 Å². The van der Waals surface area contributed by atoms with Gasteiger partial charge in [0.1, 0.15) is 17.3 Å². The monoisotopic (exact) mass is 365 g/mol. The highest BCUT2D eigenvalue weighted by atomic mass is 32.1. The number of hydrogen-bond donors (Lipinski definition) is 3. The smallest absolute Gasteiger partial charge is 0.184 e. The number of hydrazone groups is 1. The highest BCUT2D eigenvalue weighted by molar-refractivity contribution is 7.80. The Balaban J connectivity index is 1.55. The summed E-state index contributed by atoms with van der Waals surface area (Å²) in [4.78, 5) is 4.43. The van der Waals surface area contributed by atoms with E-state index in [0.717, 1.165) is 24.3 Å². The molecular formula is C19H19N5OS. The van der Waals surface area contributed by atoms with Crippen molar-refractivity contribution in [2.75, 3.05) is 11.9 Å². The molecule has 0 fully saturated rings. The summed E-state index contributed by atoms with van der Waals surface area (Å²) < 4.78 is 5.70. The van der Waals surface area contributed by atoms with Gasteiger partial charge in [-0.05, 0) is 48.5 Å². The summed E-state index contributed by atoms with van der Waals surface area (Å²) in [6.45, 7) is 0.827. The average Bonchev–Trinajstić information content (AvgIpc) is 3.12. The summed E-state index contributed by atoms with van der Waals surface area (Å²) in [6.07, 6.45) is 4.24. The average molecular weight is 365 g/mol. The lowest BCUT2D eigenvalue weighted by Gasteiger charge is -2.06. The van der Waals surface area contributed by atoms with Crippen LogP contribution in [-0.4, -0.2) is 22.9 Å². The fourth-order valence-corrected chi connectivity index (χ4v) is 2.41. The Morgan fingerprint density at radius 2 is 2.00 bits per heavy atom. The number of hydrogen-bond acceptors (Lipinski definition) is 5. The lowest BCUT2D eigenvalue weighted by atomic mass is 10.1. The van der Waals surface area contributed by atoms with Gasteiger partial charge in [0.2, 0.25) is 0 Å². The molecule has 0 amide bonds. The molecule has 0 saturated carbocycles. The molecule has 1 aromatic carbocycles. The molecule has 3 aromatic rings. The minimum atomic E-state index is 0.104. The molecule has 0 aliphatic heterocycles. The van der Waals surface area contributed by atoms with E-state index in [9.17, 15) is 0 Å². The predicted molar refractivity (Wildman–Crippen MR) is 108 cm³/mol. The van der Waals surface area contributed by atoms with Crippen molar-refractivity contribution < 1.29 is 4.42 Å². The Bertz CT molecular complexity index is 874. The molecule has 132 valence electrons. The van der Waals surface area contributed by atoms with E-state index in [1.165, 1.54) is 11.8 Å². The van der Waals surface area contributed by atoms with Crippen molar-refractivity contribution in [3.05, 3.63) is 72.1 Å². The molecule has 0 bridgehead atoms. The van der Waals surface area contributed by atoms with Crippen LogP contribution in [0, 0.1) is 0 Å². The number of nitrogens with two attached hydrogens (primary N) is 1. The van der Waals surface area contributed by atoms with Gasteiger partial charge in [-0.15, -0.1) is 0 Å². The van der Waals surface area contributed by atoms with Crippen LogP contribution in [0.2, 0.25) is 0 Å². The molecule has 0 unspecified atom stereocenters. The first-order valence-corrected chi connectivity index (χ1v) is 8.54. The molecular weight excluding hydrogens is 346 g/mol. The van der Waals surface area contributed by atoms with Gasteiger partial charge in [-0.3, -0.25) is 5.43 Å². The van der Waals surface area contributed by atoms with Crippen LogP contribution in [0.4, 0.5) is 5.82 Å². The topological polar surface area (TPSA) is 88.5 Å². The summed E-state index contributed by atoms with van der Waals surface area (Å²) in [5.41, 5.74) is 9.96. The summed E-state index contributed by atoms with van der Waals surface area (Å²) in [7, 11) is 0. The van der Waals surface area contributed by atoms with E-state index in [4.69, 9.17) is 10.2 Å². The molecule has 0 saturated heterocycles. The van der Waals surface area contributed by atoms with Gasteiger partial charge in [0.25, 0.3) is 0 Å². The zero-order chi connectivity index (χ0) is 18.2. The predicted octanol–water partition coefficient (Wildman–Crippen LogP) is 3.16. The van der Waals surface area contributed by atoms with E-state index >= 15 is 0 Å². The van der Waals surface area contributed by atoms with Gasteiger partial charge >= 0.3 is 0 Å². The van der Waals surface area contributed by atoms with E-state index in [1.54, 1.807) is 6.20 Å². The van der Waals surface area contributed by atoms with Crippen molar-refractivity contribution in [3.8, 4) is 11.3 Å². The van der Waals surface area contributed by atoms with Crippen LogP contribution in [0.5, 0.6) is 0 Å². The van der Waals surface area contributed by atoms with Crippen LogP contribution in [0.1, 0.15) is 11.3 Å². The molecule has 0 aliphatic rings. The van der Waals surface area contributed by atoms with Gasteiger partial charge in [0.05, 0.1) is 6.21 Å². The summed E-state index contributed by atoms with van der Waals surface area (Å²) in [5.74, 6) is 2.14. The molecule has 7 heteroatoms. The fourth-order valence-electron chi connectivity index (χ4n) is 2.36.